The van der Waals surface area contributed by atoms with Crippen molar-refractivity contribution in [1.82, 2.24) is 15.2 Å². The molecule has 5 nitrogen and oxygen atoms in total. The minimum atomic E-state index is -0.0989. The molecule has 1 aliphatic heterocycles. The third-order valence-corrected chi connectivity index (χ3v) is 4.83. The molecule has 1 aromatic heterocycles. The highest BCUT2D eigenvalue weighted by atomic mass is 32.1. The average molecular weight is 296 g/mol. The van der Waals surface area contributed by atoms with E-state index >= 15 is 0 Å². The van der Waals surface area contributed by atoms with Gasteiger partial charge in [0.15, 0.2) is 0 Å². The molecule has 0 radical (unpaired) electrons. The van der Waals surface area contributed by atoms with E-state index in [1.54, 1.807) is 5.38 Å². The molecule has 20 heavy (non-hydrogen) atoms. The molecule has 1 saturated heterocycles. The van der Waals surface area contributed by atoms with Crippen LogP contribution in [0.3, 0.4) is 0 Å². The lowest BCUT2D eigenvalue weighted by Crippen LogP contribution is -2.45. The smallest absolute Gasteiger partial charge is 0.270 e. The molecule has 6 heteroatoms. The van der Waals surface area contributed by atoms with Crippen LogP contribution in [0.5, 0.6) is 0 Å². The summed E-state index contributed by atoms with van der Waals surface area (Å²) in [5.74, 6) is 0.732. The molecule has 2 rings (SSSR count). The summed E-state index contributed by atoms with van der Waals surface area (Å²) in [6, 6.07) is 0.374. The van der Waals surface area contributed by atoms with Crippen LogP contribution in [0.4, 0.5) is 0 Å². The molecule has 2 heterocycles. The van der Waals surface area contributed by atoms with Gasteiger partial charge in [-0.2, -0.15) is 0 Å². The van der Waals surface area contributed by atoms with Crippen LogP contribution in [-0.2, 0) is 6.54 Å². The van der Waals surface area contributed by atoms with Gasteiger partial charge in [-0.05, 0) is 38.8 Å². The number of likely N-dealkylation sites (tertiary alicyclic amines) is 1. The number of amides is 1. The Hall–Kier alpha value is -0.980. The van der Waals surface area contributed by atoms with Crippen LogP contribution in [-0.4, -0.2) is 41.5 Å². The lowest BCUT2D eigenvalue weighted by molar-refractivity contribution is 0.0917. The van der Waals surface area contributed by atoms with Gasteiger partial charge in [0.05, 0.1) is 0 Å². The lowest BCUT2D eigenvalue weighted by atomic mass is 9.98. The zero-order valence-corrected chi connectivity index (χ0v) is 13.1. The highest BCUT2D eigenvalue weighted by Crippen LogP contribution is 2.17. The van der Waals surface area contributed by atoms with Crippen LogP contribution in [0.1, 0.15) is 42.2 Å². The van der Waals surface area contributed by atoms with E-state index in [0.29, 0.717) is 24.8 Å². The maximum atomic E-state index is 12.0. The van der Waals surface area contributed by atoms with Crippen LogP contribution in [0.15, 0.2) is 5.38 Å². The van der Waals surface area contributed by atoms with Crippen molar-refractivity contribution < 1.29 is 4.79 Å². The first-order valence-corrected chi connectivity index (χ1v) is 8.14. The predicted octanol–water partition coefficient (Wildman–Crippen LogP) is 1.45. The van der Waals surface area contributed by atoms with Crippen molar-refractivity contribution in [3.63, 3.8) is 0 Å². The van der Waals surface area contributed by atoms with Crippen LogP contribution in [0.25, 0.3) is 0 Å². The van der Waals surface area contributed by atoms with Crippen molar-refractivity contribution in [2.75, 3.05) is 19.6 Å². The van der Waals surface area contributed by atoms with E-state index < -0.39 is 0 Å². The summed E-state index contributed by atoms with van der Waals surface area (Å²) in [6.07, 6.45) is 2.51. The van der Waals surface area contributed by atoms with Gasteiger partial charge < -0.3 is 11.1 Å². The summed E-state index contributed by atoms with van der Waals surface area (Å²) in [5.41, 5.74) is 5.99. The van der Waals surface area contributed by atoms with Crippen molar-refractivity contribution in [2.45, 2.75) is 39.3 Å². The van der Waals surface area contributed by atoms with Crippen LogP contribution in [0, 0.1) is 5.92 Å². The van der Waals surface area contributed by atoms with Crippen molar-refractivity contribution in [1.29, 1.82) is 0 Å². The monoisotopic (exact) mass is 296 g/mol. The fourth-order valence-corrected chi connectivity index (χ4v) is 3.09. The van der Waals surface area contributed by atoms with E-state index in [1.165, 1.54) is 24.2 Å². The van der Waals surface area contributed by atoms with Gasteiger partial charge in [0.2, 0.25) is 0 Å². The SMILES string of the molecule is CC1CCN(C(C)CNC(=O)c2csc(CN)n2)CC1. The van der Waals surface area contributed by atoms with Crippen LogP contribution in [0.2, 0.25) is 0 Å². The quantitative estimate of drug-likeness (QED) is 0.863. The van der Waals surface area contributed by atoms with Gasteiger partial charge in [0.1, 0.15) is 10.7 Å². The van der Waals surface area contributed by atoms with E-state index in [2.05, 4.69) is 29.0 Å². The maximum Gasteiger partial charge on any atom is 0.270 e. The summed E-state index contributed by atoms with van der Waals surface area (Å²) in [5, 5.41) is 5.54. The van der Waals surface area contributed by atoms with Gasteiger partial charge in [-0.1, -0.05) is 6.92 Å². The van der Waals surface area contributed by atoms with Crippen molar-refractivity contribution in [3.8, 4) is 0 Å². The summed E-state index contributed by atoms with van der Waals surface area (Å²) in [7, 11) is 0. The first kappa shape index (κ1) is 15.4. The standard InChI is InChI=1S/C14H24N4OS/c1-10-3-5-18(6-4-10)11(2)8-16-14(19)12-9-20-13(7-15)17-12/h9-11H,3-8,15H2,1-2H3,(H,16,19). The van der Waals surface area contributed by atoms with E-state index in [-0.39, 0.29) is 5.91 Å². The Bertz CT molecular complexity index is 440. The largest absolute Gasteiger partial charge is 0.349 e. The molecule has 3 N–H and O–H groups in total. The Morgan fingerprint density at radius 3 is 2.90 bits per heavy atom. The van der Waals surface area contributed by atoms with E-state index in [4.69, 9.17) is 5.73 Å². The molecule has 0 bridgehead atoms. The number of carbonyl (C=O) groups is 1. The normalized spacial score (nSPS) is 18.9. The number of thiazole rings is 1. The lowest BCUT2D eigenvalue weighted by Gasteiger charge is -2.34. The Balaban J connectivity index is 1.77. The fraction of sp³-hybridized carbons (Fsp3) is 0.714. The first-order valence-electron chi connectivity index (χ1n) is 7.27. The molecule has 1 fully saturated rings. The van der Waals surface area contributed by atoms with Crippen LogP contribution < -0.4 is 11.1 Å². The van der Waals surface area contributed by atoms with Gasteiger partial charge in [0, 0.05) is 24.5 Å². The van der Waals surface area contributed by atoms with Gasteiger partial charge in [0.25, 0.3) is 5.91 Å². The van der Waals surface area contributed by atoms with Gasteiger partial charge >= 0.3 is 0 Å². The number of carbonyl (C=O) groups excluding carboxylic acids is 1. The van der Waals surface area contributed by atoms with Crippen molar-refractivity contribution in [2.24, 2.45) is 11.7 Å². The molecule has 0 spiro atoms. The molecule has 112 valence electrons. The maximum absolute atomic E-state index is 12.0. The third kappa shape index (κ3) is 4.01. The molecule has 1 amide bonds. The minimum Gasteiger partial charge on any atom is -0.349 e. The Morgan fingerprint density at radius 1 is 1.60 bits per heavy atom. The summed E-state index contributed by atoms with van der Waals surface area (Å²) in [6.45, 7) is 7.80. The first-order chi connectivity index (χ1) is 9.60. The molecule has 1 aromatic rings. The van der Waals surface area contributed by atoms with Gasteiger partial charge in [-0.3, -0.25) is 9.69 Å². The second kappa shape index (κ2) is 7.15. The molecule has 0 saturated carbocycles. The number of hydrogen-bond donors (Lipinski definition) is 2. The number of rotatable bonds is 5. The molecule has 1 unspecified atom stereocenters. The second-order valence-corrected chi connectivity index (χ2v) is 6.55. The number of nitrogens with zero attached hydrogens (tertiary/aromatic N) is 2. The van der Waals surface area contributed by atoms with E-state index in [9.17, 15) is 4.79 Å². The highest BCUT2D eigenvalue weighted by molar-refractivity contribution is 7.09. The zero-order chi connectivity index (χ0) is 14.5. The van der Waals surface area contributed by atoms with E-state index in [1.807, 2.05) is 0 Å². The summed E-state index contributed by atoms with van der Waals surface area (Å²) >= 11 is 1.43. The van der Waals surface area contributed by atoms with Gasteiger partial charge in [-0.15, -0.1) is 11.3 Å². The average Bonchev–Trinajstić information content (AvgIpc) is 2.94. The topological polar surface area (TPSA) is 71.2 Å². The minimum absolute atomic E-state index is 0.0989. The molecule has 1 atom stereocenters. The number of aromatic nitrogens is 1. The summed E-state index contributed by atoms with van der Waals surface area (Å²) in [4.78, 5) is 18.6. The number of piperidine rings is 1. The molecular formula is C14H24N4OS. The fourth-order valence-electron chi connectivity index (χ4n) is 2.44. The molecular weight excluding hydrogens is 272 g/mol. The third-order valence-electron chi connectivity index (χ3n) is 3.96. The molecule has 0 aliphatic carbocycles. The van der Waals surface area contributed by atoms with E-state index in [0.717, 1.165) is 24.0 Å². The van der Waals surface area contributed by atoms with Crippen molar-refractivity contribution >= 4 is 17.2 Å². The number of nitrogens with two attached hydrogens (primary N) is 1. The Kier molecular flexibility index (Phi) is 5.51. The Morgan fingerprint density at radius 2 is 2.30 bits per heavy atom. The number of nitrogens with one attached hydrogen (secondary N) is 1. The second-order valence-electron chi connectivity index (χ2n) is 5.61. The molecule has 0 aromatic carbocycles. The van der Waals surface area contributed by atoms with Crippen LogP contribution >= 0.6 is 11.3 Å². The number of hydrogen-bond acceptors (Lipinski definition) is 5. The van der Waals surface area contributed by atoms with Gasteiger partial charge in [-0.25, -0.2) is 4.98 Å². The highest BCUT2D eigenvalue weighted by Gasteiger charge is 2.21. The van der Waals surface area contributed by atoms with Crippen molar-refractivity contribution in [3.05, 3.63) is 16.1 Å². The summed E-state index contributed by atoms with van der Waals surface area (Å²) < 4.78 is 0. The zero-order valence-electron chi connectivity index (χ0n) is 12.3. The Labute approximate surface area is 124 Å². The molecule has 1 aliphatic rings. The predicted molar refractivity (Wildman–Crippen MR) is 81.8 cm³/mol.